The van der Waals surface area contributed by atoms with Crippen molar-refractivity contribution in [1.29, 1.82) is 0 Å². The summed E-state index contributed by atoms with van der Waals surface area (Å²) < 4.78 is 0. The lowest BCUT2D eigenvalue weighted by Crippen LogP contribution is -2.25. The number of amides is 1. The molecule has 0 unspecified atom stereocenters. The molecule has 1 amide bonds. The third kappa shape index (κ3) is 4.71. The number of nitrogens with two attached hydrogens (primary N) is 1. The quantitative estimate of drug-likeness (QED) is 0.562. The Morgan fingerprint density at radius 2 is 1.81 bits per heavy atom. The van der Waals surface area contributed by atoms with E-state index in [0.717, 1.165) is 18.7 Å². The highest BCUT2D eigenvalue weighted by Gasteiger charge is 2.27. The molecule has 0 aliphatic carbocycles. The normalized spacial score (nSPS) is 10.8. The van der Waals surface area contributed by atoms with Crippen LogP contribution in [-0.2, 0) is 0 Å². The first-order valence-electron chi connectivity index (χ1n) is 8.06. The summed E-state index contributed by atoms with van der Waals surface area (Å²) in [6.07, 6.45) is 0.771. The van der Waals surface area contributed by atoms with Gasteiger partial charge in [0.1, 0.15) is 11.3 Å². The zero-order chi connectivity index (χ0) is 19.3. The summed E-state index contributed by atoms with van der Waals surface area (Å²) in [6.45, 7) is 1.34. The Kier molecular flexibility index (Phi) is 6.54. The number of carbonyl (C=O) groups is 1. The maximum absolute atomic E-state index is 11.7. The lowest BCUT2D eigenvalue weighted by molar-refractivity contribution is -0.384. The van der Waals surface area contributed by atoms with Gasteiger partial charge in [-0.05, 0) is 63.5 Å². The van der Waals surface area contributed by atoms with Crippen LogP contribution in [0.15, 0.2) is 42.5 Å². The highest BCUT2D eigenvalue weighted by atomic mass is 35.5. The van der Waals surface area contributed by atoms with Gasteiger partial charge in [0.05, 0.1) is 4.92 Å². The summed E-state index contributed by atoms with van der Waals surface area (Å²) in [5.41, 5.74) is 6.00. The number of hydrogen-bond acceptors (Lipinski definition) is 5. The smallest absolute Gasteiger partial charge is 0.305 e. The molecule has 0 fully saturated rings. The van der Waals surface area contributed by atoms with Gasteiger partial charge >= 0.3 is 5.69 Å². The molecule has 0 spiro atoms. The van der Waals surface area contributed by atoms with Crippen LogP contribution in [-0.4, -0.2) is 42.9 Å². The Balaban J connectivity index is 2.54. The first-order chi connectivity index (χ1) is 12.3. The Morgan fingerprint density at radius 3 is 2.35 bits per heavy atom. The van der Waals surface area contributed by atoms with Gasteiger partial charge in [-0.2, -0.15) is 0 Å². The van der Waals surface area contributed by atoms with Gasteiger partial charge in [-0.1, -0.05) is 17.7 Å². The van der Waals surface area contributed by atoms with E-state index in [1.165, 1.54) is 6.07 Å². The summed E-state index contributed by atoms with van der Waals surface area (Å²) in [7, 11) is 3.92. The second-order valence-corrected chi connectivity index (χ2v) is 6.52. The van der Waals surface area contributed by atoms with E-state index in [9.17, 15) is 14.9 Å². The van der Waals surface area contributed by atoms with E-state index < -0.39 is 10.8 Å². The predicted molar refractivity (Wildman–Crippen MR) is 103 cm³/mol. The van der Waals surface area contributed by atoms with Gasteiger partial charge in [0.2, 0.25) is 0 Å². The van der Waals surface area contributed by atoms with Crippen molar-refractivity contribution >= 4 is 34.6 Å². The molecule has 2 N–H and O–H groups in total. The largest absolute Gasteiger partial charge is 0.365 e. The molecule has 0 bridgehead atoms. The number of para-hydroxylation sites is 1. The molecule has 8 heteroatoms. The Morgan fingerprint density at radius 1 is 1.15 bits per heavy atom. The van der Waals surface area contributed by atoms with Crippen LogP contribution in [0.4, 0.5) is 17.1 Å². The van der Waals surface area contributed by atoms with Crippen LogP contribution in [0.5, 0.6) is 0 Å². The molecule has 0 radical (unpaired) electrons. The SMILES string of the molecule is CN(C)CCCN(c1ccc(Cl)cc1)c1cccc(C(N)=O)c1[N+](=O)[O-]. The van der Waals surface area contributed by atoms with E-state index in [0.29, 0.717) is 17.3 Å². The number of nitrogens with zero attached hydrogens (tertiary/aromatic N) is 3. The minimum atomic E-state index is -0.831. The molecule has 138 valence electrons. The van der Waals surface area contributed by atoms with Crippen LogP contribution < -0.4 is 10.6 Å². The number of hydrogen-bond donors (Lipinski definition) is 1. The van der Waals surface area contributed by atoms with Crippen LogP contribution in [0, 0.1) is 10.1 Å². The summed E-state index contributed by atoms with van der Waals surface area (Å²) >= 11 is 5.96. The molecule has 7 nitrogen and oxygen atoms in total. The van der Waals surface area contributed by atoms with Gasteiger partial charge in [0.15, 0.2) is 0 Å². The first-order valence-corrected chi connectivity index (χ1v) is 8.44. The summed E-state index contributed by atoms with van der Waals surface area (Å²) in [4.78, 5) is 26.6. The first kappa shape index (κ1) is 19.7. The molecule has 0 saturated heterocycles. The highest BCUT2D eigenvalue weighted by Crippen LogP contribution is 2.36. The molecule has 0 heterocycles. The average molecular weight is 377 g/mol. The van der Waals surface area contributed by atoms with Crippen molar-refractivity contribution in [3.63, 3.8) is 0 Å². The Bertz CT molecular complexity index is 794. The van der Waals surface area contributed by atoms with Crippen molar-refractivity contribution in [1.82, 2.24) is 4.90 Å². The van der Waals surface area contributed by atoms with E-state index in [-0.39, 0.29) is 11.3 Å². The van der Waals surface area contributed by atoms with E-state index in [1.807, 2.05) is 23.9 Å². The minimum Gasteiger partial charge on any atom is -0.365 e. The fraction of sp³-hybridized carbons (Fsp3) is 0.278. The molecule has 0 aliphatic rings. The third-order valence-corrected chi connectivity index (χ3v) is 4.13. The summed E-state index contributed by atoms with van der Waals surface area (Å²) in [5.74, 6) is -0.831. The lowest BCUT2D eigenvalue weighted by Gasteiger charge is -2.26. The van der Waals surface area contributed by atoms with Gasteiger partial charge in [-0.15, -0.1) is 0 Å². The molecule has 2 rings (SSSR count). The molecule has 0 aliphatic heterocycles. The number of anilines is 2. The molecule has 0 saturated carbocycles. The van der Waals surface area contributed by atoms with Crippen molar-refractivity contribution < 1.29 is 9.72 Å². The van der Waals surface area contributed by atoms with Crippen molar-refractivity contribution in [2.24, 2.45) is 5.73 Å². The van der Waals surface area contributed by atoms with E-state index >= 15 is 0 Å². The fourth-order valence-electron chi connectivity index (χ4n) is 2.69. The summed E-state index contributed by atoms with van der Waals surface area (Å²) in [5, 5.41) is 12.2. The number of halogens is 1. The van der Waals surface area contributed by atoms with Gasteiger partial charge in [-0.3, -0.25) is 14.9 Å². The number of nitro benzene ring substituents is 1. The minimum absolute atomic E-state index is 0.112. The second-order valence-electron chi connectivity index (χ2n) is 6.08. The molecule has 0 atom stereocenters. The van der Waals surface area contributed by atoms with Crippen LogP contribution in [0.3, 0.4) is 0 Å². The average Bonchev–Trinajstić information content (AvgIpc) is 2.58. The van der Waals surface area contributed by atoms with Crippen LogP contribution >= 0.6 is 11.6 Å². The number of rotatable bonds is 8. The number of primary amides is 1. The third-order valence-electron chi connectivity index (χ3n) is 3.88. The van der Waals surface area contributed by atoms with Crippen LogP contribution in [0.25, 0.3) is 0 Å². The number of nitro groups is 1. The van der Waals surface area contributed by atoms with Gasteiger partial charge in [-0.25, -0.2) is 0 Å². The second kappa shape index (κ2) is 8.64. The van der Waals surface area contributed by atoms with Crippen molar-refractivity contribution in [2.75, 3.05) is 32.1 Å². The van der Waals surface area contributed by atoms with Crippen LogP contribution in [0.2, 0.25) is 5.02 Å². The van der Waals surface area contributed by atoms with E-state index in [4.69, 9.17) is 17.3 Å². The molecular formula is C18H21ClN4O3. The standard InChI is InChI=1S/C18H21ClN4O3/c1-21(2)11-4-12-22(14-9-7-13(19)8-10-14)16-6-3-5-15(18(20)24)17(16)23(25)26/h3,5-10H,4,11-12H2,1-2H3,(H2,20,24). The molecule has 0 aromatic heterocycles. The van der Waals surface area contributed by atoms with Crippen molar-refractivity contribution in [3.8, 4) is 0 Å². The zero-order valence-electron chi connectivity index (χ0n) is 14.7. The zero-order valence-corrected chi connectivity index (χ0v) is 15.4. The van der Waals surface area contributed by atoms with E-state index in [2.05, 4.69) is 0 Å². The number of carbonyl (C=O) groups excluding carboxylic acids is 1. The monoisotopic (exact) mass is 376 g/mol. The highest BCUT2D eigenvalue weighted by molar-refractivity contribution is 6.30. The van der Waals surface area contributed by atoms with Gasteiger partial charge in [0, 0.05) is 17.3 Å². The van der Waals surface area contributed by atoms with E-state index in [1.54, 1.807) is 36.4 Å². The Hall–Kier alpha value is -2.64. The Labute approximate surface area is 157 Å². The molecule has 2 aromatic carbocycles. The molecule has 26 heavy (non-hydrogen) atoms. The fourth-order valence-corrected chi connectivity index (χ4v) is 2.82. The van der Waals surface area contributed by atoms with Gasteiger partial charge < -0.3 is 15.5 Å². The van der Waals surface area contributed by atoms with Crippen molar-refractivity contribution in [2.45, 2.75) is 6.42 Å². The number of benzene rings is 2. The van der Waals surface area contributed by atoms with Gasteiger partial charge in [0.25, 0.3) is 5.91 Å². The molecular weight excluding hydrogens is 356 g/mol. The lowest BCUT2D eigenvalue weighted by atomic mass is 10.1. The topological polar surface area (TPSA) is 92.7 Å². The summed E-state index contributed by atoms with van der Waals surface area (Å²) in [6, 6.07) is 11.6. The van der Waals surface area contributed by atoms with Crippen molar-refractivity contribution in [3.05, 3.63) is 63.2 Å². The molecule has 2 aromatic rings. The maximum Gasteiger partial charge on any atom is 0.305 e. The predicted octanol–water partition coefficient (Wildman–Crippen LogP) is 3.44. The maximum atomic E-state index is 11.7. The van der Waals surface area contributed by atoms with Crippen LogP contribution in [0.1, 0.15) is 16.8 Å².